The summed E-state index contributed by atoms with van der Waals surface area (Å²) in [5, 5.41) is 21.1. The number of ether oxygens (including phenoxy) is 1. The highest BCUT2D eigenvalue weighted by atomic mass is 28.4. The van der Waals surface area contributed by atoms with Crippen molar-refractivity contribution in [2.75, 3.05) is 13.7 Å². The van der Waals surface area contributed by atoms with Crippen molar-refractivity contribution in [1.29, 1.82) is 5.39 Å². The first-order valence-corrected chi connectivity index (χ1v) is 8.29. The first kappa shape index (κ1) is 17.5. The highest BCUT2D eigenvalue weighted by Crippen LogP contribution is 2.40. The van der Waals surface area contributed by atoms with Crippen LogP contribution in [-0.4, -0.2) is 22.0 Å². The summed E-state index contributed by atoms with van der Waals surface area (Å²) in [4.78, 5) is 3.18. The van der Waals surface area contributed by atoms with Crippen LogP contribution < -0.4 is 5.11 Å². The molecule has 0 rings (SSSR count). The van der Waals surface area contributed by atoms with Gasteiger partial charge >= 0.3 is 13.6 Å². The van der Waals surface area contributed by atoms with E-state index in [-0.39, 0.29) is 23.0 Å². The zero-order chi connectivity index (χ0) is 15.1. The third kappa shape index (κ3) is 3.73. The predicted molar refractivity (Wildman–Crippen MR) is 74.5 cm³/mol. The first-order valence-electron chi connectivity index (χ1n) is 6.22. The molecular weight excluding hydrogens is 260 g/mol. The highest BCUT2D eigenvalue weighted by Gasteiger charge is 2.56. The monoisotopic (exact) mass is 282 g/mol. The molecule has 0 aromatic rings. The minimum absolute atomic E-state index is 0.0119. The van der Waals surface area contributed by atoms with E-state index >= 15 is 0 Å². The van der Waals surface area contributed by atoms with Crippen molar-refractivity contribution >= 4 is 8.32 Å². The van der Waals surface area contributed by atoms with Crippen molar-refractivity contribution in [3.8, 4) is 11.8 Å². The van der Waals surface area contributed by atoms with Gasteiger partial charge in [0.25, 0.3) is 0 Å². The fraction of sp³-hybridized carbons (Fsp3) is 0.692. The molecule has 106 valence electrons. The fourth-order valence-electron chi connectivity index (χ4n) is 2.22. The molecule has 0 aromatic heterocycles. The summed E-state index contributed by atoms with van der Waals surface area (Å²) in [6, 6.07) is 0. The van der Waals surface area contributed by atoms with Crippen LogP contribution in [0.15, 0.2) is 11.3 Å². The minimum atomic E-state index is -2.78. The van der Waals surface area contributed by atoms with E-state index in [1.807, 2.05) is 27.7 Å². The summed E-state index contributed by atoms with van der Waals surface area (Å²) in [5.74, 6) is 4.93. The molecule has 0 aliphatic heterocycles. The van der Waals surface area contributed by atoms with Crippen LogP contribution in [0.4, 0.5) is 0 Å². The van der Waals surface area contributed by atoms with Gasteiger partial charge in [0.2, 0.25) is 5.39 Å². The molecule has 0 unspecified atom stereocenters. The summed E-state index contributed by atoms with van der Waals surface area (Å²) in [5.41, 5.74) is 0.104. The predicted octanol–water partition coefficient (Wildman–Crippen LogP) is 2.36. The summed E-state index contributed by atoms with van der Waals surface area (Å²) in [6.45, 7) is 9.77. The van der Waals surface area contributed by atoms with Crippen molar-refractivity contribution in [3.05, 3.63) is 16.2 Å². The molecule has 0 aromatic carbocycles. The van der Waals surface area contributed by atoms with E-state index in [2.05, 4.69) is 16.8 Å². The Labute approximate surface area is 116 Å². The number of rotatable bonds is 6. The molecule has 0 N–H and O–H groups in total. The van der Waals surface area contributed by atoms with Crippen LogP contribution in [0, 0.1) is 17.2 Å². The Morgan fingerprint density at radius 2 is 1.84 bits per heavy atom. The lowest BCUT2D eigenvalue weighted by molar-refractivity contribution is -0.354. The van der Waals surface area contributed by atoms with E-state index < -0.39 is 14.3 Å². The largest absolute Gasteiger partial charge is 0.612 e. The molecule has 0 fully saturated rings. The van der Waals surface area contributed by atoms with Crippen molar-refractivity contribution < 1.29 is 14.3 Å². The molecule has 5 nitrogen and oxygen atoms in total. The fourth-order valence-corrected chi connectivity index (χ4v) is 6.34. The van der Waals surface area contributed by atoms with Gasteiger partial charge in [-0.25, -0.2) is 0 Å². The van der Waals surface area contributed by atoms with E-state index in [9.17, 15) is 10.5 Å². The number of hydrogen-bond donors (Lipinski definition) is 0. The van der Waals surface area contributed by atoms with E-state index in [1.54, 1.807) is 6.92 Å². The lowest BCUT2D eigenvalue weighted by atomic mass is 10.5. The third-order valence-corrected chi connectivity index (χ3v) is 8.22. The summed E-state index contributed by atoms with van der Waals surface area (Å²) >= 11 is 0. The van der Waals surface area contributed by atoms with E-state index in [4.69, 9.17) is 9.16 Å². The molecule has 19 heavy (non-hydrogen) atoms. The number of diazo groups is 1. The van der Waals surface area contributed by atoms with Gasteiger partial charge in [-0.1, -0.05) is 33.6 Å². The molecule has 0 saturated carbocycles. The van der Waals surface area contributed by atoms with Crippen LogP contribution in [0.25, 0.3) is 4.98 Å². The van der Waals surface area contributed by atoms with Crippen LogP contribution in [0.1, 0.15) is 34.6 Å². The third-order valence-electron chi connectivity index (χ3n) is 3.12. The Bertz CT molecular complexity index is 419. The standard InChI is InChI=1S/C13H22N2O3Si/c1-7-8-9-18-19(10(2)3,11(4)5)12(15-14)13(16)17-6/h10-11H,9H2,1-6H3. The van der Waals surface area contributed by atoms with Gasteiger partial charge < -0.3 is 14.3 Å². The molecule has 0 bridgehead atoms. The first-order chi connectivity index (χ1) is 8.88. The second kappa shape index (κ2) is 7.83. The SMILES string of the molecule is CC#CCO[Si](C([N+]#N)=C([O-])OC)(C(C)C)C(C)C. The van der Waals surface area contributed by atoms with Crippen molar-refractivity contribution in [1.82, 2.24) is 0 Å². The molecule has 0 aliphatic carbocycles. The van der Waals surface area contributed by atoms with Crippen LogP contribution in [0.5, 0.6) is 0 Å². The summed E-state index contributed by atoms with van der Waals surface area (Å²) < 4.78 is 10.6. The zero-order valence-corrected chi connectivity index (χ0v) is 13.5. The smallest absolute Gasteiger partial charge is 0.379 e. The number of hydrogen-bond acceptors (Lipinski definition) is 4. The van der Waals surface area contributed by atoms with E-state index in [0.717, 1.165) is 0 Å². The molecule has 0 spiro atoms. The van der Waals surface area contributed by atoms with E-state index in [0.29, 0.717) is 0 Å². The van der Waals surface area contributed by atoms with Gasteiger partial charge in [-0.05, 0) is 25.1 Å². The van der Waals surface area contributed by atoms with Crippen LogP contribution in [0.3, 0.4) is 0 Å². The summed E-state index contributed by atoms with van der Waals surface area (Å²) in [7, 11) is -1.51. The number of methoxy groups -OCH3 is 1. The lowest BCUT2D eigenvalue weighted by Gasteiger charge is -2.32. The molecule has 0 heterocycles. The maximum Gasteiger partial charge on any atom is 0.379 e. The molecule has 0 atom stereocenters. The molecule has 0 amide bonds. The van der Waals surface area contributed by atoms with Gasteiger partial charge in [-0.3, -0.25) is 0 Å². The van der Waals surface area contributed by atoms with E-state index in [1.165, 1.54) is 7.11 Å². The van der Waals surface area contributed by atoms with Gasteiger partial charge in [-0.15, -0.1) is 5.92 Å². The molecule has 0 aliphatic rings. The van der Waals surface area contributed by atoms with Crippen LogP contribution >= 0.6 is 0 Å². The quantitative estimate of drug-likeness (QED) is 0.324. The molecular formula is C13H22N2O3Si. The van der Waals surface area contributed by atoms with Crippen molar-refractivity contribution in [2.45, 2.75) is 45.7 Å². The lowest BCUT2D eigenvalue weighted by Crippen LogP contribution is -2.48. The van der Waals surface area contributed by atoms with Gasteiger partial charge in [0.1, 0.15) is 5.95 Å². The Hall–Kier alpha value is -1.50. The Morgan fingerprint density at radius 1 is 1.32 bits per heavy atom. The average molecular weight is 282 g/mol. The Morgan fingerprint density at radius 3 is 2.16 bits per heavy atom. The Kier molecular flexibility index (Phi) is 7.21. The van der Waals surface area contributed by atoms with Crippen LogP contribution in [-0.2, 0) is 9.16 Å². The van der Waals surface area contributed by atoms with Crippen molar-refractivity contribution in [3.63, 3.8) is 0 Å². The van der Waals surface area contributed by atoms with Gasteiger partial charge in [0, 0.05) is 0 Å². The molecule has 6 heteroatoms. The molecule has 0 radical (unpaired) electrons. The minimum Gasteiger partial charge on any atom is -0.612 e. The highest BCUT2D eigenvalue weighted by molar-refractivity contribution is 6.83. The van der Waals surface area contributed by atoms with Gasteiger partial charge in [0.05, 0.1) is 6.61 Å². The maximum absolute atomic E-state index is 11.8. The molecule has 0 saturated heterocycles. The van der Waals surface area contributed by atoms with Crippen molar-refractivity contribution in [2.24, 2.45) is 0 Å². The normalized spacial score (nSPS) is 12.6. The summed E-state index contributed by atoms with van der Waals surface area (Å²) in [6.07, 6.45) is 0. The Balaban J connectivity index is 5.83. The average Bonchev–Trinajstić information content (AvgIpc) is 2.36. The van der Waals surface area contributed by atoms with Gasteiger partial charge in [0.15, 0.2) is 4.98 Å². The second-order valence-electron chi connectivity index (χ2n) is 4.76. The zero-order valence-electron chi connectivity index (χ0n) is 12.5. The topological polar surface area (TPSA) is 69.7 Å². The maximum atomic E-state index is 11.8. The van der Waals surface area contributed by atoms with Gasteiger partial charge in [-0.2, -0.15) is 0 Å². The van der Waals surface area contributed by atoms with Crippen LogP contribution in [0.2, 0.25) is 11.1 Å². The number of nitrogens with zero attached hydrogens (tertiary/aromatic N) is 2. The second-order valence-corrected chi connectivity index (χ2v) is 9.42.